The second-order valence-electron chi connectivity index (χ2n) is 5.55. The molecule has 5 nitrogen and oxygen atoms in total. The molecule has 0 amide bonds. The van der Waals surface area contributed by atoms with Crippen LogP contribution in [-0.4, -0.2) is 19.5 Å². The van der Waals surface area contributed by atoms with Crippen molar-refractivity contribution >= 4 is 83.6 Å². The van der Waals surface area contributed by atoms with E-state index in [1.54, 1.807) is 18.2 Å². The summed E-state index contributed by atoms with van der Waals surface area (Å²) in [5, 5.41) is 10.3. The molecule has 0 aliphatic heterocycles. The number of hydrogen-bond acceptors (Lipinski definition) is 5. The molecule has 144 valence electrons. The van der Waals surface area contributed by atoms with Crippen LogP contribution in [0.3, 0.4) is 0 Å². The summed E-state index contributed by atoms with van der Waals surface area (Å²) >= 11 is 6.26. The van der Waals surface area contributed by atoms with Crippen LogP contribution >= 0.6 is 67.8 Å². The number of ether oxygens (including phenoxy) is 1. The van der Waals surface area contributed by atoms with Gasteiger partial charge in [0.2, 0.25) is 9.84 Å². The van der Waals surface area contributed by atoms with Gasteiger partial charge in [-0.15, -0.1) is 0 Å². The molecule has 3 rings (SSSR count). The first kappa shape index (κ1) is 21.8. The second-order valence-corrected chi connectivity index (χ2v) is 10.9. The van der Waals surface area contributed by atoms with E-state index in [4.69, 9.17) is 4.74 Å². The van der Waals surface area contributed by atoms with Gasteiger partial charge < -0.3 is 9.84 Å². The van der Waals surface area contributed by atoms with Crippen molar-refractivity contribution in [3.05, 3.63) is 76.9 Å². The van der Waals surface area contributed by atoms with Gasteiger partial charge >= 0.3 is 5.97 Å². The molecular weight excluding hydrogens is 721 g/mol. The lowest BCUT2D eigenvalue weighted by molar-refractivity contribution is 0.0732. The minimum absolute atomic E-state index is 0.0555. The second kappa shape index (κ2) is 8.83. The van der Waals surface area contributed by atoms with Gasteiger partial charge in [-0.2, -0.15) is 0 Å². The maximum Gasteiger partial charge on any atom is 0.345 e. The van der Waals surface area contributed by atoms with Crippen molar-refractivity contribution in [3.8, 4) is 11.5 Å². The molecule has 0 aliphatic rings. The van der Waals surface area contributed by atoms with Crippen molar-refractivity contribution in [3.63, 3.8) is 0 Å². The number of esters is 1. The van der Waals surface area contributed by atoms with Crippen LogP contribution in [-0.2, 0) is 9.84 Å². The first-order valence-corrected chi connectivity index (χ1v) is 12.4. The van der Waals surface area contributed by atoms with Gasteiger partial charge in [0, 0.05) is 16.8 Å². The monoisotopic (exact) mass is 732 g/mol. The van der Waals surface area contributed by atoms with E-state index in [1.807, 2.05) is 12.1 Å². The largest absolute Gasteiger partial charge is 0.506 e. The first-order valence-electron chi connectivity index (χ1n) is 7.70. The van der Waals surface area contributed by atoms with Crippen LogP contribution in [0.5, 0.6) is 11.5 Å². The van der Waals surface area contributed by atoms with Crippen LogP contribution in [0.4, 0.5) is 0 Å². The van der Waals surface area contributed by atoms with Crippen molar-refractivity contribution in [1.29, 1.82) is 0 Å². The molecule has 3 aromatic rings. The van der Waals surface area contributed by atoms with Gasteiger partial charge in [-0.3, -0.25) is 0 Å². The predicted octanol–water partition coefficient (Wildman–Crippen LogP) is 5.26. The molecule has 0 aromatic heterocycles. The summed E-state index contributed by atoms with van der Waals surface area (Å²) in [7, 11) is -3.88. The van der Waals surface area contributed by atoms with E-state index in [-0.39, 0.29) is 15.5 Å². The number of aromatic hydroxyl groups is 1. The maximum atomic E-state index is 12.7. The van der Waals surface area contributed by atoms with Crippen LogP contribution in [0, 0.1) is 10.7 Å². The number of benzene rings is 3. The lowest BCUT2D eigenvalue weighted by Crippen LogP contribution is -2.13. The highest BCUT2D eigenvalue weighted by Crippen LogP contribution is 2.32. The third kappa shape index (κ3) is 4.46. The number of phenols is 1. The third-order valence-corrected chi connectivity index (χ3v) is 9.50. The summed E-state index contributed by atoms with van der Waals surface area (Å²) in [5.74, 6) is -1.01. The Balaban J connectivity index is 1.92. The van der Waals surface area contributed by atoms with Crippen molar-refractivity contribution in [2.45, 2.75) is 9.79 Å². The van der Waals surface area contributed by atoms with E-state index in [0.717, 1.165) is 16.8 Å². The molecule has 9 heteroatoms. The number of halogens is 3. The van der Waals surface area contributed by atoms with Gasteiger partial charge in [-0.25, -0.2) is 13.2 Å². The van der Waals surface area contributed by atoms with Crippen LogP contribution < -0.4 is 4.74 Å². The van der Waals surface area contributed by atoms with Gasteiger partial charge in [0.25, 0.3) is 0 Å². The normalized spacial score (nSPS) is 11.2. The molecule has 0 fully saturated rings. The average molecular weight is 732 g/mol. The Morgan fingerprint density at radius 1 is 0.893 bits per heavy atom. The summed E-state index contributed by atoms with van der Waals surface area (Å²) in [6, 6.07) is 15.2. The highest BCUT2D eigenvalue weighted by Gasteiger charge is 2.23. The Morgan fingerprint density at radius 3 is 2.18 bits per heavy atom. The number of phenolic OH excluding ortho intramolecular Hbond substituents is 1. The summed E-state index contributed by atoms with van der Waals surface area (Å²) < 4.78 is 33.1. The van der Waals surface area contributed by atoms with Crippen molar-refractivity contribution in [2.75, 3.05) is 0 Å². The molecule has 0 saturated carbocycles. The van der Waals surface area contributed by atoms with Gasteiger partial charge in [-0.05, 0) is 104 Å². The zero-order chi connectivity index (χ0) is 20.5. The van der Waals surface area contributed by atoms with Crippen molar-refractivity contribution < 1.29 is 23.1 Å². The fourth-order valence-corrected chi connectivity index (χ4v) is 6.06. The van der Waals surface area contributed by atoms with Crippen LogP contribution in [0.15, 0.2) is 70.5 Å². The molecule has 0 radical (unpaired) electrons. The lowest BCUT2D eigenvalue weighted by atomic mass is 10.2. The number of hydrogen-bond donors (Lipinski definition) is 1. The smallest absolute Gasteiger partial charge is 0.345 e. The van der Waals surface area contributed by atoms with Crippen molar-refractivity contribution in [2.24, 2.45) is 0 Å². The van der Waals surface area contributed by atoms with Gasteiger partial charge in [0.15, 0.2) is 0 Å². The molecule has 0 saturated heterocycles. The third-order valence-electron chi connectivity index (χ3n) is 3.73. The molecule has 1 N–H and O–H groups in total. The molecule has 0 unspecified atom stereocenters. The fraction of sp³-hybridized carbons (Fsp3) is 0. The van der Waals surface area contributed by atoms with E-state index in [1.165, 1.54) is 24.3 Å². The molecule has 3 aromatic carbocycles. The Kier molecular flexibility index (Phi) is 6.87. The van der Waals surface area contributed by atoms with E-state index in [9.17, 15) is 18.3 Å². The topological polar surface area (TPSA) is 80.7 Å². The molecular formula is C19H11I3O5S. The summed E-state index contributed by atoms with van der Waals surface area (Å²) in [6.07, 6.45) is 0. The maximum absolute atomic E-state index is 12.7. The number of carbonyl (C=O) groups is 1. The minimum atomic E-state index is -3.88. The Morgan fingerprint density at radius 2 is 1.54 bits per heavy atom. The number of sulfone groups is 1. The Bertz CT molecular complexity index is 1160. The molecule has 28 heavy (non-hydrogen) atoms. The Labute approximate surface area is 202 Å². The molecule has 0 aliphatic carbocycles. The number of rotatable bonds is 4. The zero-order valence-electron chi connectivity index (χ0n) is 13.9. The van der Waals surface area contributed by atoms with E-state index in [2.05, 4.69) is 67.8 Å². The quantitative estimate of drug-likeness (QED) is 0.172. The summed E-state index contributed by atoms with van der Waals surface area (Å²) in [4.78, 5) is 12.4. The molecule has 0 heterocycles. The summed E-state index contributed by atoms with van der Waals surface area (Å²) in [6.45, 7) is 0. The van der Waals surface area contributed by atoms with E-state index < -0.39 is 21.6 Å². The number of carbonyl (C=O) groups excluding carboxylic acids is 1. The summed E-state index contributed by atoms with van der Waals surface area (Å²) in [5.41, 5.74) is 0.425. The molecule has 0 spiro atoms. The minimum Gasteiger partial charge on any atom is -0.506 e. The zero-order valence-corrected chi connectivity index (χ0v) is 21.2. The highest BCUT2D eigenvalue weighted by atomic mass is 127. The van der Waals surface area contributed by atoms with Crippen LogP contribution in [0.1, 0.15) is 10.4 Å². The van der Waals surface area contributed by atoms with Crippen LogP contribution in [0.25, 0.3) is 0 Å². The predicted molar refractivity (Wildman–Crippen MR) is 130 cm³/mol. The Hall–Kier alpha value is -0.930. The average Bonchev–Trinajstić information content (AvgIpc) is 2.65. The molecule has 0 atom stereocenters. The van der Waals surface area contributed by atoms with Gasteiger partial charge in [-0.1, -0.05) is 18.2 Å². The SMILES string of the molecule is O=C(Oc1ccc(S(=O)(=O)c2ccccc2)c(O)c1)c1c(I)ccc(I)c1I. The first-order chi connectivity index (χ1) is 13.2. The lowest BCUT2D eigenvalue weighted by Gasteiger charge is -2.11. The van der Waals surface area contributed by atoms with Crippen LogP contribution in [0.2, 0.25) is 0 Å². The van der Waals surface area contributed by atoms with Gasteiger partial charge in [0.1, 0.15) is 16.4 Å². The van der Waals surface area contributed by atoms with E-state index >= 15 is 0 Å². The fourth-order valence-electron chi connectivity index (χ4n) is 2.39. The van der Waals surface area contributed by atoms with E-state index in [0.29, 0.717) is 5.56 Å². The van der Waals surface area contributed by atoms with Crippen molar-refractivity contribution in [1.82, 2.24) is 0 Å². The standard InChI is InChI=1S/C19H11I3O5S/c20-13-7-8-14(21)18(22)17(13)19(24)27-11-6-9-16(15(23)10-11)28(25,26)12-4-2-1-3-5-12/h1-10,23H. The van der Waals surface area contributed by atoms with Gasteiger partial charge in [0.05, 0.1) is 10.5 Å². The highest BCUT2D eigenvalue weighted by molar-refractivity contribution is 14.1. The molecule has 0 bridgehead atoms.